The van der Waals surface area contributed by atoms with E-state index in [9.17, 15) is 18.0 Å². The molecule has 0 bridgehead atoms. The van der Waals surface area contributed by atoms with Crippen molar-refractivity contribution in [3.63, 3.8) is 0 Å². The summed E-state index contributed by atoms with van der Waals surface area (Å²) in [5.41, 5.74) is 1.64. The number of likely N-dealkylation sites (N-methyl/N-ethyl adjacent to an activating group) is 1. The molecule has 0 saturated carbocycles. The van der Waals surface area contributed by atoms with Crippen LogP contribution in [0.4, 0.5) is 5.69 Å². The summed E-state index contributed by atoms with van der Waals surface area (Å²) in [6.45, 7) is 2.79. The Labute approximate surface area is 232 Å². The normalized spacial score (nSPS) is 12.1. The van der Waals surface area contributed by atoms with Crippen LogP contribution < -0.4 is 9.62 Å². The first kappa shape index (κ1) is 28.8. The molecule has 0 fully saturated rings. The fourth-order valence-corrected chi connectivity index (χ4v) is 5.67. The summed E-state index contributed by atoms with van der Waals surface area (Å²) < 4.78 is 28.4. The number of hydrogen-bond donors (Lipinski definition) is 1. The van der Waals surface area contributed by atoms with Gasteiger partial charge in [-0.1, -0.05) is 70.7 Å². The molecule has 0 aliphatic rings. The van der Waals surface area contributed by atoms with E-state index in [1.165, 1.54) is 30.1 Å². The highest BCUT2D eigenvalue weighted by atomic mass is 35.5. The van der Waals surface area contributed by atoms with E-state index in [1.54, 1.807) is 55.5 Å². The first-order valence-corrected chi connectivity index (χ1v) is 13.8. The summed E-state index contributed by atoms with van der Waals surface area (Å²) in [4.78, 5) is 27.5. The smallest absolute Gasteiger partial charge is 0.264 e. The Bertz CT molecular complexity index is 1400. The Hall–Kier alpha value is -2.78. The summed E-state index contributed by atoms with van der Waals surface area (Å²) in [5.74, 6) is -1.03. The SMILES string of the molecule is CNC(=O)C(C)N(Cc1ccc(Cl)c(Cl)c1)C(=O)CN(c1ccccc1Cl)S(=O)(=O)c1ccc(C)cc1. The van der Waals surface area contributed by atoms with Gasteiger partial charge >= 0.3 is 0 Å². The average molecular weight is 583 g/mol. The van der Waals surface area contributed by atoms with E-state index in [0.29, 0.717) is 15.6 Å². The molecule has 3 aromatic rings. The molecule has 0 saturated heterocycles. The Kier molecular flexibility index (Phi) is 9.47. The molecule has 1 N–H and O–H groups in total. The fraction of sp³-hybridized carbons (Fsp3) is 0.231. The van der Waals surface area contributed by atoms with Gasteiger partial charge in [-0.15, -0.1) is 0 Å². The van der Waals surface area contributed by atoms with Gasteiger partial charge in [-0.3, -0.25) is 13.9 Å². The van der Waals surface area contributed by atoms with Gasteiger partial charge in [-0.25, -0.2) is 8.42 Å². The average Bonchev–Trinajstić information content (AvgIpc) is 2.87. The van der Waals surface area contributed by atoms with Crippen LogP contribution >= 0.6 is 34.8 Å². The second kappa shape index (κ2) is 12.2. The van der Waals surface area contributed by atoms with Crippen LogP contribution in [0.15, 0.2) is 71.6 Å². The molecule has 3 aromatic carbocycles. The number of sulfonamides is 1. The zero-order chi connectivity index (χ0) is 27.3. The van der Waals surface area contributed by atoms with E-state index in [2.05, 4.69) is 5.32 Å². The molecule has 0 spiro atoms. The van der Waals surface area contributed by atoms with Crippen LogP contribution in [-0.2, 0) is 26.2 Å². The molecule has 7 nitrogen and oxygen atoms in total. The van der Waals surface area contributed by atoms with Gasteiger partial charge in [-0.2, -0.15) is 0 Å². The lowest BCUT2D eigenvalue weighted by molar-refractivity contribution is -0.139. The predicted molar refractivity (Wildman–Crippen MR) is 148 cm³/mol. The van der Waals surface area contributed by atoms with Crippen molar-refractivity contribution in [2.24, 2.45) is 0 Å². The molecule has 1 unspecified atom stereocenters. The summed E-state index contributed by atoms with van der Waals surface area (Å²) in [6, 6.07) is 16.6. The Morgan fingerprint density at radius 2 is 1.57 bits per heavy atom. The van der Waals surface area contributed by atoms with Crippen molar-refractivity contribution in [2.45, 2.75) is 31.3 Å². The number of rotatable bonds is 9. The van der Waals surface area contributed by atoms with E-state index in [4.69, 9.17) is 34.8 Å². The number of benzene rings is 3. The van der Waals surface area contributed by atoms with Crippen LogP contribution in [0, 0.1) is 6.92 Å². The first-order chi connectivity index (χ1) is 17.4. The standard InChI is InChI=1S/C26H26Cl3N3O4S/c1-17-8-11-20(12-9-17)37(35,36)32(24-7-5-4-6-22(24)28)16-25(33)31(18(2)26(34)30-3)15-19-10-13-21(27)23(29)14-19/h4-14,18H,15-16H2,1-3H3,(H,30,34). The van der Waals surface area contributed by atoms with Crippen LogP contribution in [0.25, 0.3) is 0 Å². The minimum Gasteiger partial charge on any atom is -0.357 e. The number of carbonyl (C=O) groups excluding carboxylic acids is 2. The fourth-order valence-electron chi connectivity index (χ4n) is 3.63. The highest BCUT2D eigenvalue weighted by Crippen LogP contribution is 2.31. The predicted octanol–water partition coefficient (Wildman–Crippen LogP) is 5.31. The maximum atomic E-state index is 13.7. The van der Waals surface area contributed by atoms with Crippen LogP contribution in [0.2, 0.25) is 15.1 Å². The Morgan fingerprint density at radius 3 is 2.16 bits per heavy atom. The zero-order valence-corrected chi connectivity index (χ0v) is 23.5. The van der Waals surface area contributed by atoms with Crippen molar-refractivity contribution in [3.05, 3.63) is 92.9 Å². The molecular formula is C26H26Cl3N3O4S. The molecule has 196 valence electrons. The summed E-state index contributed by atoms with van der Waals surface area (Å²) in [7, 11) is -2.74. The zero-order valence-electron chi connectivity index (χ0n) is 20.4. The van der Waals surface area contributed by atoms with E-state index >= 15 is 0 Å². The maximum Gasteiger partial charge on any atom is 0.264 e. The monoisotopic (exact) mass is 581 g/mol. The first-order valence-electron chi connectivity index (χ1n) is 11.2. The lowest BCUT2D eigenvalue weighted by Gasteiger charge is -2.32. The van der Waals surface area contributed by atoms with Crippen molar-refractivity contribution in [1.82, 2.24) is 10.2 Å². The molecule has 0 aromatic heterocycles. The second-order valence-electron chi connectivity index (χ2n) is 8.34. The van der Waals surface area contributed by atoms with Gasteiger partial charge in [0.15, 0.2) is 0 Å². The largest absolute Gasteiger partial charge is 0.357 e. The van der Waals surface area contributed by atoms with Crippen molar-refractivity contribution >= 4 is 62.3 Å². The van der Waals surface area contributed by atoms with Gasteiger partial charge in [-0.05, 0) is 55.8 Å². The van der Waals surface area contributed by atoms with Crippen molar-refractivity contribution in [1.29, 1.82) is 0 Å². The molecule has 37 heavy (non-hydrogen) atoms. The lowest BCUT2D eigenvalue weighted by atomic mass is 10.1. The quantitative estimate of drug-likeness (QED) is 0.370. The highest BCUT2D eigenvalue weighted by molar-refractivity contribution is 7.92. The summed E-state index contributed by atoms with van der Waals surface area (Å²) >= 11 is 18.5. The second-order valence-corrected chi connectivity index (χ2v) is 11.4. The Balaban J connectivity index is 2.05. The summed E-state index contributed by atoms with van der Waals surface area (Å²) in [6.07, 6.45) is 0. The van der Waals surface area contributed by atoms with E-state index in [-0.39, 0.29) is 22.2 Å². The molecule has 0 radical (unpaired) electrons. The van der Waals surface area contributed by atoms with Gasteiger partial charge < -0.3 is 10.2 Å². The topological polar surface area (TPSA) is 86.8 Å². The van der Waals surface area contributed by atoms with E-state index in [1.807, 2.05) is 6.92 Å². The van der Waals surface area contributed by atoms with Crippen LogP contribution in [-0.4, -0.2) is 44.8 Å². The minimum absolute atomic E-state index is 0.00111. The molecule has 0 heterocycles. The molecule has 2 amide bonds. The molecule has 3 rings (SSSR count). The Morgan fingerprint density at radius 1 is 0.919 bits per heavy atom. The summed E-state index contributed by atoms with van der Waals surface area (Å²) in [5, 5.41) is 3.32. The number of carbonyl (C=O) groups is 2. The van der Waals surface area contributed by atoms with Crippen LogP contribution in [0.5, 0.6) is 0 Å². The minimum atomic E-state index is -4.20. The van der Waals surface area contributed by atoms with Gasteiger partial charge in [0.1, 0.15) is 12.6 Å². The number of hydrogen-bond acceptors (Lipinski definition) is 4. The van der Waals surface area contributed by atoms with E-state index < -0.39 is 34.4 Å². The number of anilines is 1. The van der Waals surface area contributed by atoms with Gasteiger partial charge in [0.25, 0.3) is 10.0 Å². The third-order valence-corrected chi connectivity index (χ3v) is 8.59. The van der Waals surface area contributed by atoms with Crippen LogP contribution in [0.1, 0.15) is 18.1 Å². The van der Waals surface area contributed by atoms with Crippen molar-refractivity contribution < 1.29 is 18.0 Å². The number of amides is 2. The highest BCUT2D eigenvalue weighted by Gasteiger charge is 2.33. The number of halogens is 3. The number of aryl methyl sites for hydroxylation is 1. The van der Waals surface area contributed by atoms with E-state index in [0.717, 1.165) is 9.87 Å². The number of nitrogens with one attached hydrogen (secondary N) is 1. The van der Waals surface area contributed by atoms with Gasteiger partial charge in [0, 0.05) is 13.6 Å². The molecular weight excluding hydrogens is 557 g/mol. The van der Waals surface area contributed by atoms with Crippen molar-refractivity contribution in [3.8, 4) is 0 Å². The van der Waals surface area contributed by atoms with Gasteiger partial charge in [0.05, 0.1) is 25.7 Å². The number of nitrogens with zero attached hydrogens (tertiary/aromatic N) is 2. The molecule has 11 heteroatoms. The van der Waals surface area contributed by atoms with Crippen molar-refractivity contribution in [2.75, 3.05) is 17.9 Å². The molecule has 0 aliphatic carbocycles. The molecule has 0 aliphatic heterocycles. The van der Waals surface area contributed by atoms with Gasteiger partial charge in [0.2, 0.25) is 11.8 Å². The third-order valence-electron chi connectivity index (χ3n) is 5.76. The molecule has 1 atom stereocenters. The maximum absolute atomic E-state index is 13.7. The van der Waals surface area contributed by atoms with Crippen LogP contribution in [0.3, 0.4) is 0 Å². The third kappa shape index (κ3) is 6.76. The lowest BCUT2D eigenvalue weighted by Crippen LogP contribution is -2.50. The number of para-hydroxylation sites is 1.